The van der Waals surface area contributed by atoms with Gasteiger partial charge in [0.2, 0.25) is 0 Å². The lowest BCUT2D eigenvalue weighted by Crippen LogP contribution is -2.48. The summed E-state index contributed by atoms with van der Waals surface area (Å²) in [4.78, 5) is 9.67. The summed E-state index contributed by atoms with van der Waals surface area (Å²) >= 11 is 0. The van der Waals surface area contributed by atoms with Crippen LogP contribution in [0.15, 0.2) is 59.1 Å². The quantitative estimate of drug-likeness (QED) is 0.457. The number of benzene rings is 2. The first-order valence-electron chi connectivity index (χ1n) is 13.8. The maximum absolute atomic E-state index is 6.14. The van der Waals surface area contributed by atoms with Crippen molar-refractivity contribution in [3.05, 3.63) is 65.9 Å². The lowest BCUT2D eigenvalue weighted by molar-refractivity contribution is 0.0810. The minimum absolute atomic E-state index is 0.340. The van der Waals surface area contributed by atoms with Crippen LogP contribution in [0.2, 0.25) is 0 Å². The first kappa shape index (κ1) is 23.6. The highest BCUT2D eigenvalue weighted by atomic mass is 16.4. The number of fused-ring (bicyclic) bond motifs is 2. The maximum Gasteiger partial charge on any atom is 0.297 e. The van der Waals surface area contributed by atoms with E-state index in [1.165, 1.54) is 56.6 Å². The van der Waals surface area contributed by atoms with E-state index in [2.05, 4.69) is 71.2 Å². The second kappa shape index (κ2) is 9.26. The van der Waals surface area contributed by atoms with Crippen LogP contribution in [0.4, 0.5) is 11.7 Å². The molecule has 6 rings (SSSR count). The number of piperidine rings is 2. The molecule has 3 aliphatic rings. The zero-order chi connectivity index (χ0) is 24.8. The van der Waals surface area contributed by atoms with Crippen molar-refractivity contribution in [2.24, 2.45) is 11.3 Å². The lowest BCUT2D eigenvalue weighted by atomic mass is 9.70. The molecule has 2 fully saturated rings. The predicted octanol–water partition coefficient (Wildman–Crippen LogP) is 6.35. The van der Waals surface area contributed by atoms with Gasteiger partial charge in [0.15, 0.2) is 5.76 Å². The molecule has 1 aromatic heterocycles. The Morgan fingerprint density at radius 2 is 1.75 bits per heavy atom. The van der Waals surface area contributed by atoms with Crippen LogP contribution < -0.4 is 10.2 Å². The topological polar surface area (TPSA) is 44.5 Å². The molecule has 4 heterocycles. The van der Waals surface area contributed by atoms with Gasteiger partial charge in [-0.2, -0.15) is 0 Å². The number of oxazole rings is 1. The van der Waals surface area contributed by atoms with Crippen LogP contribution in [0, 0.1) is 18.3 Å². The first-order chi connectivity index (χ1) is 17.4. The smallest absolute Gasteiger partial charge is 0.297 e. The number of aromatic nitrogens is 1. The molecule has 0 radical (unpaired) electrons. The second-order valence-electron chi connectivity index (χ2n) is 11.9. The molecule has 3 aromatic rings. The summed E-state index contributed by atoms with van der Waals surface area (Å²) in [6.45, 7) is 13.9. The van der Waals surface area contributed by atoms with Gasteiger partial charge in [-0.1, -0.05) is 56.3 Å². The van der Waals surface area contributed by atoms with Gasteiger partial charge >= 0.3 is 0 Å². The molecule has 3 aliphatic heterocycles. The number of hydrogen-bond acceptors (Lipinski definition) is 5. The molecule has 1 N–H and O–H groups in total. The van der Waals surface area contributed by atoms with Crippen molar-refractivity contribution in [2.45, 2.75) is 51.9 Å². The summed E-state index contributed by atoms with van der Waals surface area (Å²) in [5.74, 6) is 1.53. The van der Waals surface area contributed by atoms with E-state index in [9.17, 15) is 0 Å². The Kier molecular flexibility index (Phi) is 6.07. The highest BCUT2D eigenvalue weighted by molar-refractivity contribution is 5.62. The number of likely N-dealkylation sites (tertiary alicyclic amines) is 1. The van der Waals surface area contributed by atoms with Crippen molar-refractivity contribution in [1.29, 1.82) is 0 Å². The summed E-state index contributed by atoms with van der Waals surface area (Å²) in [6, 6.07) is 18.0. The van der Waals surface area contributed by atoms with Gasteiger partial charge in [-0.3, -0.25) is 0 Å². The van der Waals surface area contributed by atoms with Gasteiger partial charge < -0.3 is 19.5 Å². The zero-order valence-electron chi connectivity index (χ0n) is 22.1. The molecule has 1 atom stereocenters. The molecule has 0 saturated carbocycles. The van der Waals surface area contributed by atoms with Crippen LogP contribution in [-0.4, -0.2) is 49.2 Å². The zero-order valence-corrected chi connectivity index (χ0v) is 22.1. The van der Waals surface area contributed by atoms with E-state index in [0.29, 0.717) is 16.7 Å². The molecule has 5 nitrogen and oxygen atoms in total. The Bertz CT molecular complexity index is 1190. The standard InChI is InChI=1S/C31H40N4O/c1-23-9-10-26-27(19-23)33-22-31(26)13-15-34(16-14-31)21-24(2)30(3)11-17-35(18-12-30)29-32-20-28(36-29)25-7-5-4-6-8-25/h4-10,19-20,24,33H,11-18,21-22H2,1-3H3. The molecule has 190 valence electrons. The first-order valence-corrected chi connectivity index (χ1v) is 13.8. The van der Waals surface area contributed by atoms with Crippen LogP contribution in [-0.2, 0) is 5.41 Å². The lowest BCUT2D eigenvalue weighted by Gasteiger charge is -2.46. The van der Waals surface area contributed by atoms with Gasteiger partial charge in [0.05, 0.1) is 6.20 Å². The number of nitrogens with one attached hydrogen (secondary N) is 1. The molecule has 2 saturated heterocycles. The Hall–Kier alpha value is -2.79. The van der Waals surface area contributed by atoms with Gasteiger partial charge in [0, 0.05) is 42.8 Å². The van der Waals surface area contributed by atoms with Gasteiger partial charge in [-0.15, -0.1) is 0 Å². The average Bonchev–Trinajstić information content (AvgIpc) is 3.52. The molecule has 2 aromatic carbocycles. The summed E-state index contributed by atoms with van der Waals surface area (Å²) in [5.41, 5.74) is 6.07. The van der Waals surface area contributed by atoms with Gasteiger partial charge in [0.1, 0.15) is 0 Å². The molecular formula is C31H40N4O. The summed E-state index contributed by atoms with van der Waals surface area (Å²) < 4.78 is 6.14. The molecule has 36 heavy (non-hydrogen) atoms. The van der Waals surface area contributed by atoms with Gasteiger partial charge in [-0.25, -0.2) is 4.98 Å². The molecule has 1 unspecified atom stereocenters. The molecule has 5 heteroatoms. The Morgan fingerprint density at radius 1 is 1.00 bits per heavy atom. The number of anilines is 2. The molecule has 1 spiro atoms. The fourth-order valence-corrected chi connectivity index (χ4v) is 6.69. The van der Waals surface area contributed by atoms with E-state index < -0.39 is 0 Å². The Balaban J connectivity index is 1.03. The molecular weight excluding hydrogens is 444 g/mol. The van der Waals surface area contributed by atoms with Crippen molar-refractivity contribution < 1.29 is 4.42 Å². The predicted molar refractivity (Wildman–Crippen MR) is 148 cm³/mol. The summed E-state index contributed by atoms with van der Waals surface area (Å²) in [7, 11) is 0. The highest BCUT2D eigenvalue weighted by Crippen LogP contribution is 2.45. The van der Waals surface area contributed by atoms with Crippen molar-refractivity contribution in [2.75, 3.05) is 49.5 Å². The van der Waals surface area contributed by atoms with Crippen LogP contribution in [0.3, 0.4) is 0 Å². The van der Waals surface area contributed by atoms with Gasteiger partial charge in [-0.05, 0) is 74.2 Å². The fourth-order valence-electron chi connectivity index (χ4n) is 6.69. The number of aryl methyl sites for hydroxylation is 1. The molecule has 0 bridgehead atoms. The van der Waals surface area contributed by atoms with Crippen LogP contribution in [0.5, 0.6) is 0 Å². The van der Waals surface area contributed by atoms with E-state index in [0.717, 1.165) is 37.0 Å². The fraction of sp³-hybridized carbons (Fsp3) is 0.516. The van der Waals surface area contributed by atoms with E-state index in [-0.39, 0.29) is 0 Å². The van der Waals surface area contributed by atoms with Crippen LogP contribution >= 0.6 is 0 Å². The third-order valence-corrected chi connectivity index (χ3v) is 9.63. The molecule has 0 aliphatic carbocycles. The Labute approximate surface area is 215 Å². The summed E-state index contributed by atoms with van der Waals surface area (Å²) in [5, 5.41) is 3.71. The number of rotatable bonds is 5. The third-order valence-electron chi connectivity index (χ3n) is 9.63. The summed E-state index contributed by atoms with van der Waals surface area (Å²) in [6.07, 6.45) is 6.77. The van der Waals surface area contributed by atoms with Crippen molar-refractivity contribution in [1.82, 2.24) is 9.88 Å². The second-order valence-corrected chi connectivity index (χ2v) is 11.9. The molecule has 0 amide bonds. The monoisotopic (exact) mass is 484 g/mol. The van der Waals surface area contributed by atoms with E-state index in [1.54, 1.807) is 5.56 Å². The largest absolute Gasteiger partial charge is 0.423 e. The van der Waals surface area contributed by atoms with Crippen molar-refractivity contribution in [3.8, 4) is 11.3 Å². The van der Waals surface area contributed by atoms with Gasteiger partial charge in [0.25, 0.3) is 6.01 Å². The highest BCUT2D eigenvalue weighted by Gasteiger charge is 2.43. The van der Waals surface area contributed by atoms with E-state index in [4.69, 9.17) is 4.42 Å². The van der Waals surface area contributed by atoms with E-state index in [1.807, 2.05) is 24.4 Å². The third kappa shape index (κ3) is 4.32. The minimum Gasteiger partial charge on any atom is -0.423 e. The van der Waals surface area contributed by atoms with Crippen molar-refractivity contribution in [3.63, 3.8) is 0 Å². The average molecular weight is 485 g/mol. The Morgan fingerprint density at radius 3 is 2.50 bits per heavy atom. The van der Waals surface area contributed by atoms with Crippen LogP contribution in [0.25, 0.3) is 11.3 Å². The van der Waals surface area contributed by atoms with Crippen LogP contribution in [0.1, 0.15) is 50.7 Å². The van der Waals surface area contributed by atoms with E-state index >= 15 is 0 Å². The normalized spacial score (nSPS) is 21.8. The minimum atomic E-state index is 0.340. The maximum atomic E-state index is 6.14. The number of hydrogen-bond donors (Lipinski definition) is 1. The SMILES string of the molecule is Cc1ccc2c(c1)NCC21CCN(CC(C)C2(C)CCN(c3ncc(-c4ccccc4)o3)CC2)CC1. The number of nitrogens with zero attached hydrogens (tertiary/aromatic N) is 3. The van der Waals surface area contributed by atoms with Crippen molar-refractivity contribution >= 4 is 11.7 Å².